The molecule has 3 aromatic rings. The fraction of sp³-hybridized carbons (Fsp3) is 0.360. The lowest BCUT2D eigenvalue weighted by atomic mass is 9.93. The van der Waals surface area contributed by atoms with Crippen LogP contribution in [-0.2, 0) is 6.54 Å². The first-order chi connectivity index (χ1) is 15.1. The Hall–Kier alpha value is -3.12. The van der Waals surface area contributed by atoms with E-state index in [0.717, 1.165) is 38.9 Å². The average molecular weight is 421 g/mol. The summed E-state index contributed by atoms with van der Waals surface area (Å²) in [5.41, 5.74) is 1.46. The number of benzene rings is 2. The number of rotatable bonds is 7. The first-order valence-electron chi connectivity index (χ1n) is 10.8. The zero-order valence-corrected chi connectivity index (χ0v) is 17.8. The van der Waals surface area contributed by atoms with E-state index >= 15 is 0 Å². The molecule has 0 saturated carbocycles. The molecule has 6 nitrogen and oxygen atoms in total. The van der Waals surface area contributed by atoms with Crippen LogP contribution in [0.1, 0.15) is 35.4 Å². The fourth-order valence-electron chi connectivity index (χ4n) is 4.13. The highest BCUT2D eigenvalue weighted by Crippen LogP contribution is 2.22. The van der Waals surface area contributed by atoms with Crippen molar-refractivity contribution in [3.05, 3.63) is 76.1 Å². The Labute approximate surface area is 181 Å². The zero-order valence-electron chi connectivity index (χ0n) is 17.8. The van der Waals surface area contributed by atoms with E-state index in [4.69, 9.17) is 9.15 Å². The first kappa shape index (κ1) is 21.1. The van der Waals surface area contributed by atoms with Crippen LogP contribution in [0.25, 0.3) is 11.0 Å². The molecule has 1 aromatic heterocycles. The standard InChI is InChI=1S/C25H28N2O4/c1-30-20-7-8-21-22(28)16-24(31-23(21)15-20)25(29)26-12-9-18-10-13-27(14-11-18)17-19-5-3-2-4-6-19/h2-8,15-16,18H,9-14,17H2,1H3,(H,26,29). The number of hydrogen-bond donors (Lipinski definition) is 1. The van der Waals surface area contributed by atoms with Gasteiger partial charge in [-0.15, -0.1) is 0 Å². The lowest BCUT2D eigenvalue weighted by Gasteiger charge is -2.32. The number of fused-ring (bicyclic) bond motifs is 1. The summed E-state index contributed by atoms with van der Waals surface area (Å²) < 4.78 is 10.8. The summed E-state index contributed by atoms with van der Waals surface area (Å²) in [6, 6.07) is 16.8. The molecule has 1 N–H and O–H groups in total. The van der Waals surface area contributed by atoms with Gasteiger partial charge in [-0.3, -0.25) is 14.5 Å². The van der Waals surface area contributed by atoms with Gasteiger partial charge in [0.2, 0.25) is 0 Å². The van der Waals surface area contributed by atoms with E-state index in [1.54, 1.807) is 25.3 Å². The molecule has 6 heteroatoms. The van der Waals surface area contributed by atoms with Crippen LogP contribution in [0.4, 0.5) is 0 Å². The van der Waals surface area contributed by atoms with Gasteiger partial charge in [-0.1, -0.05) is 30.3 Å². The van der Waals surface area contributed by atoms with Gasteiger partial charge in [0.15, 0.2) is 11.2 Å². The van der Waals surface area contributed by atoms with E-state index in [1.165, 1.54) is 11.6 Å². The van der Waals surface area contributed by atoms with Gasteiger partial charge in [0.05, 0.1) is 12.5 Å². The minimum absolute atomic E-state index is 0.0310. The van der Waals surface area contributed by atoms with Gasteiger partial charge in [-0.2, -0.15) is 0 Å². The molecule has 1 amide bonds. The second-order valence-electron chi connectivity index (χ2n) is 8.09. The predicted octanol–water partition coefficient (Wildman–Crippen LogP) is 3.83. The van der Waals surface area contributed by atoms with Gasteiger partial charge >= 0.3 is 0 Å². The van der Waals surface area contributed by atoms with Gasteiger partial charge < -0.3 is 14.5 Å². The number of methoxy groups -OCH3 is 1. The number of nitrogens with zero attached hydrogens (tertiary/aromatic N) is 1. The number of nitrogens with one attached hydrogen (secondary N) is 1. The highest BCUT2D eigenvalue weighted by atomic mass is 16.5. The quantitative estimate of drug-likeness (QED) is 0.629. The number of carbonyl (C=O) groups is 1. The van der Waals surface area contributed by atoms with Crippen LogP contribution in [0.3, 0.4) is 0 Å². The van der Waals surface area contributed by atoms with Crippen LogP contribution in [0.2, 0.25) is 0 Å². The van der Waals surface area contributed by atoms with Crippen molar-refractivity contribution in [1.29, 1.82) is 0 Å². The molecule has 2 aromatic carbocycles. The van der Waals surface area contributed by atoms with E-state index in [1.807, 2.05) is 6.07 Å². The first-order valence-corrected chi connectivity index (χ1v) is 10.8. The van der Waals surface area contributed by atoms with E-state index in [9.17, 15) is 9.59 Å². The lowest BCUT2D eigenvalue weighted by Crippen LogP contribution is -2.35. The summed E-state index contributed by atoms with van der Waals surface area (Å²) in [7, 11) is 1.54. The van der Waals surface area contributed by atoms with Crippen LogP contribution in [-0.4, -0.2) is 37.6 Å². The van der Waals surface area contributed by atoms with Crippen molar-refractivity contribution in [2.45, 2.75) is 25.8 Å². The second kappa shape index (κ2) is 9.79. The van der Waals surface area contributed by atoms with Crippen molar-refractivity contribution in [2.24, 2.45) is 5.92 Å². The normalized spacial score (nSPS) is 15.1. The molecule has 2 heterocycles. The van der Waals surface area contributed by atoms with Crippen LogP contribution in [0.15, 0.2) is 63.8 Å². The maximum atomic E-state index is 12.5. The summed E-state index contributed by atoms with van der Waals surface area (Å²) in [6.45, 7) is 3.72. The largest absolute Gasteiger partial charge is 0.497 e. The number of hydrogen-bond acceptors (Lipinski definition) is 5. The monoisotopic (exact) mass is 420 g/mol. The van der Waals surface area contributed by atoms with Gasteiger partial charge in [-0.05, 0) is 56.0 Å². The van der Waals surface area contributed by atoms with Crippen molar-refractivity contribution in [2.75, 3.05) is 26.7 Å². The average Bonchev–Trinajstić information content (AvgIpc) is 2.80. The minimum atomic E-state index is -0.358. The van der Waals surface area contributed by atoms with Crippen molar-refractivity contribution < 1.29 is 13.9 Å². The van der Waals surface area contributed by atoms with Crippen LogP contribution in [0, 0.1) is 5.92 Å². The zero-order chi connectivity index (χ0) is 21.6. The van der Waals surface area contributed by atoms with Gasteiger partial charge in [0.1, 0.15) is 11.3 Å². The van der Waals surface area contributed by atoms with Gasteiger partial charge in [-0.25, -0.2) is 0 Å². The number of amides is 1. The van der Waals surface area contributed by atoms with Crippen molar-refractivity contribution in [3.8, 4) is 5.75 Å². The molecule has 162 valence electrons. The third kappa shape index (κ3) is 5.33. The molecule has 1 fully saturated rings. The second-order valence-corrected chi connectivity index (χ2v) is 8.09. The molecule has 1 aliphatic rings. The molecule has 31 heavy (non-hydrogen) atoms. The summed E-state index contributed by atoms with van der Waals surface area (Å²) in [5, 5.41) is 3.33. The molecular formula is C25H28N2O4. The van der Waals surface area contributed by atoms with E-state index < -0.39 is 0 Å². The molecule has 0 unspecified atom stereocenters. The number of piperidine rings is 1. The smallest absolute Gasteiger partial charge is 0.287 e. The number of likely N-dealkylation sites (tertiary alicyclic amines) is 1. The Balaban J connectivity index is 1.26. The van der Waals surface area contributed by atoms with Crippen LogP contribution in [0.5, 0.6) is 5.75 Å². The minimum Gasteiger partial charge on any atom is -0.497 e. The Morgan fingerprint density at radius 1 is 1.13 bits per heavy atom. The topological polar surface area (TPSA) is 71.8 Å². The maximum Gasteiger partial charge on any atom is 0.287 e. The highest BCUT2D eigenvalue weighted by Gasteiger charge is 2.20. The SMILES string of the molecule is COc1ccc2c(=O)cc(C(=O)NCCC3CCN(Cc4ccccc4)CC3)oc2c1. The summed E-state index contributed by atoms with van der Waals surface area (Å²) >= 11 is 0. The van der Waals surface area contributed by atoms with E-state index in [0.29, 0.717) is 29.2 Å². The lowest BCUT2D eigenvalue weighted by molar-refractivity contribution is 0.0920. The third-order valence-electron chi connectivity index (χ3n) is 5.95. The van der Waals surface area contributed by atoms with Crippen molar-refractivity contribution in [3.63, 3.8) is 0 Å². The maximum absolute atomic E-state index is 12.5. The predicted molar refractivity (Wildman–Crippen MR) is 120 cm³/mol. The molecule has 0 bridgehead atoms. The molecule has 0 radical (unpaired) electrons. The molecule has 4 rings (SSSR count). The fourth-order valence-corrected chi connectivity index (χ4v) is 4.13. The molecular weight excluding hydrogens is 392 g/mol. The summed E-state index contributed by atoms with van der Waals surface area (Å²) in [6.07, 6.45) is 3.19. The Kier molecular flexibility index (Phi) is 6.67. The third-order valence-corrected chi connectivity index (χ3v) is 5.95. The Bertz CT molecular complexity index is 1090. The number of carbonyl (C=O) groups excluding carboxylic acids is 1. The van der Waals surface area contributed by atoms with Crippen LogP contribution >= 0.6 is 0 Å². The number of ether oxygens (including phenoxy) is 1. The summed E-state index contributed by atoms with van der Waals surface area (Å²) in [4.78, 5) is 27.3. The Morgan fingerprint density at radius 2 is 1.90 bits per heavy atom. The molecule has 1 aliphatic heterocycles. The van der Waals surface area contributed by atoms with Crippen molar-refractivity contribution >= 4 is 16.9 Å². The van der Waals surface area contributed by atoms with E-state index in [2.05, 4.69) is 34.5 Å². The highest BCUT2D eigenvalue weighted by molar-refractivity contribution is 5.93. The van der Waals surface area contributed by atoms with Crippen molar-refractivity contribution in [1.82, 2.24) is 10.2 Å². The van der Waals surface area contributed by atoms with E-state index in [-0.39, 0.29) is 17.1 Å². The molecule has 0 atom stereocenters. The van der Waals surface area contributed by atoms with Gasteiger partial charge in [0.25, 0.3) is 5.91 Å². The molecule has 0 aliphatic carbocycles. The Morgan fingerprint density at radius 3 is 2.65 bits per heavy atom. The molecule has 0 spiro atoms. The summed E-state index contributed by atoms with van der Waals surface area (Å²) in [5.74, 6) is 0.846. The molecule has 1 saturated heterocycles. The van der Waals surface area contributed by atoms with Gasteiger partial charge in [0, 0.05) is 25.2 Å². The van der Waals surface area contributed by atoms with Crippen LogP contribution < -0.4 is 15.5 Å².